The predicted octanol–water partition coefficient (Wildman–Crippen LogP) is 2.60. The Hall–Kier alpha value is -0.540. The van der Waals surface area contributed by atoms with Crippen molar-refractivity contribution in [1.82, 2.24) is 10.3 Å². The first-order valence-corrected chi connectivity index (χ1v) is 7.02. The first kappa shape index (κ1) is 13.5. The van der Waals surface area contributed by atoms with Crippen LogP contribution in [-0.2, 0) is 6.42 Å². The molecule has 90 valence electrons. The van der Waals surface area contributed by atoms with E-state index in [0.717, 1.165) is 18.1 Å². The van der Waals surface area contributed by atoms with E-state index in [-0.39, 0.29) is 0 Å². The number of nitrogens with zero attached hydrogens (tertiary/aromatic N) is 1. The average molecular weight is 238 g/mol. The van der Waals surface area contributed by atoms with Gasteiger partial charge in [-0.3, -0.25) is 4.98 Å². The fourth-order valence-electron chi connectivity index (χ4n) is 1.46. The van der Waals surface area contributed by atoms with Gasteiger partial charge in [-0.25, -0.2) is 0 Å². The number of thioether (sulfide) groups is 1. The molecule has 16 heavy (non-hydrogen) atoms. The normalized spacial score (nSPS) is 13.0. The lowest BCUT2D eigenvalue weighted by atomic mass is 10.2. The van der Waals surface area contributed by atoms with Gasteiger partial charge >= 0.3 is 0 Å². The molecular weight excluding hydrogens is 216 g/mol. The number of pyridine rings is 1. The summed E-state index contributed by atoms with van der Waals surface area (Å²) in [4.78, 5) is 4.36. The van der Waals surface area contributed by atoms with E-state index in [1.54, 1.807) is 0 Å². The maximum absolute atomic E-state index is 4.36. The molecule has 0 amide bonds. The van der Waals surface area contributed by atoms with Crippen molar-refractivity contribution in [3.8, 4) is 0 Å². The van der Waals surface area contributed by atoms with Crippen LogP contribution in [0.3, 0.4) is 0 Å². The minimum absolute atomic E-state index is 0.527. The highest BCUT2D eigenvalue weighted by molar-refractivity contribution is 7.99. The van der Waals surface area contributed by atoms with Crippen molar-refractivity contribution < 1.29 is 0 Å². The summed E-state index contributed by atoms with van der Waals surface area (Å²) in [6.07, 6.45) is 2.88. The molecule has 0 aliphatic carbocycles. The smallest absolute Gasteiger partial charge is 0.0419 e. The molecule has 0 radical (unpaired) electrons. The third-order valence-electron chi connectivity index (χ3n) is 2.36. The zero-order valence-corrected chi connectivity index (χ0v) is 11.3. The molecule has 0 aliphatic rings. The van der Waals surface area contributed by atoms with Crippen molar-refractivity contribution in [2.75, 3.05) is 18.6 Å². The maximum Gasteiger partial charge on any atom is 0.0419 e. The highest BCUT2D eigenvalue weighted by Gasteiger charge is 2.08. The van der Waals surface area contributed by atoms with E-state index in [2.05, 4.69) is 36.3 Å². The molecule has 0 spiro atoms. The van der Waals surface area contributed by atoms with E-state index in [1.807, 2.05) is 31.1 Å². The second-order valence-electron chi connectivity index (χ2n) is 4.44. The molecule has 1 rings (SSSR count). The van der Waals surface area contributed by atoms with E-state index < -0.39 is 0 Å². The quantitative estimate of drug-likeness (QED) is 0.790. The Morgan fingerprint density at radius 2 is 2.12 bits per heavy atom. The summed E-state index contributed by atoms with van der Waals surface area (Å²) in [7, 11) is 2.03. The van der Waals surface area contributed by atoms with E-state index in [9.17, 15) is 0 Å². The summed E-state index contributed by atoms with van der Waals surface area (Å²) in [5, 5.41) is 3.36. The van der Waals surface area contributed by atoms with Crippen LogP contribution in [-0.4, -0.2) is 29.6 Å². The molecule has 1 unspecified atom stereocenters. The molecule has 1 aromatic rings. The maximum atomic E-state index is 4.36. The van der Waals surface area contributed by atoms with Crippen LogP contribution >= 0.6 is 11.8 Å². The largest absolute Gasteiger partial charge is 0.316 e. The van der Waals surface area contributed by atoms with Crippen LogP contribution in [0.15, 0.2) is 24.4 Å². The van der Waals surface area contributed by atoms with Crippen molar-refractivity contribution in [1.29, 1.82) is 0 Å². The number of rotatable bonds is 7. The number of hydrogen-bond acceptors (Lipinski definition) is 3. The summed E-state index contributed by atoms with van der Waals surface area (Å²) in [5.74, 6) is 3.17. The minimum atomic E-state index is 0.527. The summed E-state index contributed by atoms with van der Waals surface area (Å²) in [6.45, 7) is 4.53. The Morgan fingerprint density at radius 1 is 1.31 bits per heavy atom. The molecular formula is C13H22N2S. The first-order chi connectivity index (χ1) is 7.72. The lowest BCUT2D eigenvalue weighted by Crippen LogP contribution is -2.30. The Bertz CT molecular complexity index is 275. The Balaban J connectivity index is 2.32. The van der Waals surface area contributed by atoms with E-state index >= 15 is 0 Å². The van der Waals surface area contributed by atoms with Crippen LogP contribution in [0.4, 0.5) is 0 Å². The van der Waals surface area contributed by atoms with Crippen molar-refractivity contribution in [3.05, 3.63) is 30.1 Å². The van der Waals surface area contributed by atoms with E-state index in [4.69, 9.17) is 0 Å². The predicted molar refractivity (Wildman–Crippen MR) is 73.0 cm³/mol. The SMILES string of the molecule is CNC(CSCC(C)C)Cc1ccccn1. The minimum Gasteiger partial charge on any atom is -0.316 e. The third-order valence-corrected chi connectivity index (χ3v) is 3.90. The molecule has 0 saturated heterocycles. The van der Waals surface area contributed by atoms with Crippen LogP contribution in [0.25, 0.3) is 0 Å². The van der Waals surface area contributed by atoms with Gasteiger partial charge in [0.05, 0.1) is 0 Å². The zero-order chi connectivity index (χ0) is 11.8. The van der Waals surface area contributed by atoms with Crippen molar-refractivity contribution >= 4 is 11.8 Å². The van der Waals surface area contributed by atoms with Gasteiger partial charge in [-0.15, -0.1) is 0 Å². The van der Waals surface area contributed by atoms with E-state index in [1.165, 1.54) is 11.4 Å². The Labute approximate surface area is 103 Å². The van der Waals surface area contributed by atoms with Gasteiger partial charge in [0.1, 0.15) is 0 Å². The van der Waals surface area contributed by atoms with Gasteiger partial charge in [0.2, 0.25) is 0 Å². The standard InChI is InChI=1S/C13H22N2S/c1-11(2)9-16-10-13(14-3)8-12-6-4-5-7-15-12/h4-7,11,13-14H,8-10H2,1-3H3. The van der Waals surface area contributed by atoms with Gasteiger partial charge in [0.15, 0.2) is 0 Å². The Kier molecular flexibility index (Phi) is 6.50. The van der Waals surface area contributed by atoms with E-state index in [0.29, 0.717) is 6.04 Å². The van der Waals surface area contributed by atoms with Gasteiger partial charge in [0, 0.05) is 30.1 Å². The number of hydrogen-bond donors (Lipinski definition) is 1. The van der Waals surface area contributed by atoms with Crippen LogP contribution in [0.1, 0.15) is 19.5 Å². The molecule has 0 aliphatic heterocycles. The third kappa shape index (κ3) is 5.52. The fraction of sp³-hybridized carbons (Fsp3) is 0.615. The number of aromatic nitrogens is 1. The molecule has 0 fully saturated rings. The molecule has 1 atom stereocenters. The van der Waals surface area contributed by atoms with Crippen LogP contribution in [0.5, 0.6) is 0 Å². The van der Waals surface area contributed by atoms with Gasteiger partial charge in [-0.2, -0.15) is 11.8 Å². The van der Waals surface area contributed by atoms with Gasteiger partial charge in [0.25, 0.3) is 0 Å². The number of likely N-dealkylation sites (N-methyl/N-ethyl adjacent to an activating group) is 1. The van der Waals surface area contributed by atoms with Crippen LogP contribution in [0, 0.1) is 5.92 Å². The fourth-order valence-corrected chi connectivity index (χ4v) is 2.64. The molecule has 0 saturated carbocycles. The van der Waals surface area contributed by atoms with Crippen molar-refractivity contribution in [2.24, 2.45) is 5.92 Å². The molecule has 0 aromatic carbocycles. The second-order valence-corrected chi connectivity index (χ2v) is 5.52. The zero-order valence-electron chi connectivity index (χ0n) is 10.4. The van der Waals surface area contributed by atoms with Gasteiger partial charge in [-0.05, 0) is 30.9 Å². The molecule has 2 nitrogen and oxygen atoms in total. The molecule has 1 aromatic heterocycles. The Morgan fingerprint density at radius 3 is 2.69 bits per heavy atom. The highest BCUT2D eigenvalue weighted by atomic mass is 32.2. The molecule has 0 bridgehead atoms. The highest BCUT2D eigenvalue weighted by Crippen LogP contribution is 2.11. The second kappa shape index (κ2) is 7.69. The monoisotopic (exact) mass is 238 g/mol. The van der Waals surface area contributed by atoms with Crippen molar-refractivity contribution in [2.45, 2.75) is 26.3 Å². The summed E-state index contributed by atoms with van der Waals surface area (Å²) in [6, 6.07) is 6.64. The molecule has 3 heteroatoms. The number of nitrogens with one attached hydrogen (secondary N) is 1. The molecule has 1 N–H and O–H groups in total. The average Bonchev–Trinajstić information content (AvgIpc) is 2.28. The van der Waals surface area contributed by atoms with Gasteiger partial charge < -0.3 is 5.32 Å². The van der Waals surface area contributed by atoms with Crippen LogP contribution in [0.2, 0.25) is 0 Å². The summed E-state index contributed by atoms with van der Waals surface area (Å²) < 4.78 is 0. The molecule has 1 heterocycles. The topological polar surface area (TPSA) is 24.9 Å². The van der Waals surface area contributed by atoms with Crippen LogP contribution < -0.4 is 5.32 Å². The first-order valence-electron chi connectivity index (χ1n) is 5.87. The lowest BCUT2D eigenvalue weighted by Gasteiger charge is -2.15. The summed E-state index contributed by atoms with van der Waals surface area (Å²) >= 11 is 2.02. The summed E-state index contributed by atoms with van der Waals surface area (Å²) in [5.41, 5.74) is 1.17. The van der Waals surface area contributed by atoms with Crippen molar-refractivity contribution in [3.63, 3.8) is 0 Å². The van der Waals surface area contributed by atoms with Gasteiger partial charge in [-0.1, -0.05) is 19.9 Å². The lowest BCUT2D eigenvalue weighted by molar-refractivity contribution is 0.608.